The van der Waals surface area contributed by atoms with Gasteiger partial charge in [0, 0.05) is 0 Å². The minimum atomic E-state index is -0.238. The van der Waals surface area contributed by atoms with Gasteiger partial charge >= 0.3 is 0 Å². The van der Waals surface area contributed by atoms with Gasteiger partial charge in [0.15, 0.2) is 6.61 Å². The van der Waals surface area contributed by atoms with Crippen molar-refractivity contribution in [1.29, 1.82) is 0 Å². The molecule has 0 saturated carbocycles. The summed E-state index contributed by atoms with van der Waals surface area (Å²) < 4.78 is 5.62. The normalized spacial score (nSPS) is 12.0. The molecule has 6 nitrogen and oxygen atoms in total. The number of ether oxygens (including phenoxy) is 1. The highest BCUT2D eigenvalue weighted by Gasteiger charge is 2.16. The lowest BCUT2D eigenvalue weighted by atomic mass is 10.0. The van der Waals surface area contributed by atoms with Gasteiger partial charge in [-0.1, -0.05) is 56.3 Å². The second kappa shape index (κ2) is 8.98. The lowest BCUT2D eigenvalue weighted by Gasteiger charge is -2.19. The van der Waals surface area contributed by atoms with E-state index < -0.39 is 0 Å². The molecule has 1 N–H and O–H groups in total. The smallest absolute Gasteiger partial charge is 0.258 e. The third kappa shape index (κ3) is 5.41. The summed E-state index contributed by atoms with van der Waals surface area (Å²) in [7, 11) is 0. The molecule has 3 rings (SSSR count). The van der Waals surface area contributed by atoms with Crippen LogP contribution in [-0.4, -0.2) is 27.5 Å². The largest absolute Gasteiger partial charge is 0.484 e. The summed E-state index contributed by atoms with van der Waals surface area (Å²) in [6, 6.07) is 17.4. The van der Waals surface area contributed by atoms with E-state index in [9.17, 15) is 4.79 Å². The first-order valence-corrected chi connectivity index (χ1v) is 9.03. The molecule has 140 valence electrons. The standard InChI is InChI=1S/C21H24N4O2/c1-16(2)17-8-10-19(11-9-17)27-15-21(26)24-20(14-25-22-12-13-23-25)18-6-4-3-5-7-18/h3-13,16,20H,14-15H2,1-2H3,(H,24,26). The number of carbonyl (C=O) groups is 1. The van der Waals surface area contributed by atoms with Gasteiger partial charge in [0.05, 0.1) is 25.0 Å². The number of rotatable bonds is 8. The zero-order valence-corrected chi connectivity index (χ0v) is 15.6. The van der Waals surface area contributed by atoms with Crippen LogP contribution in [0.5, 0.6) is 5.75 Å². The fourth-order valence-electron chi connectivity index (χ4n) is 2.75. The summed E-state index contributed by atoms with van der Waals surface area (Å²) in [5.41, 5.74) is 2.23. The van der Waals surface area contributed by atoms with Gasteiger partial charge in [-0.05, 0) is 29.2 Å². The van der Waals surface area contributed by atoms with Crippen LogP contribution in [0.4, 0.5) is 0 Å². The zero-order valence-electron chi connectivity index (χ0n) is 15.6. The predicted octanol–water partition coefficient (Wildman–Crippen LogP) is 3.34. The first-order valence-electron chi connectivity index (χ1n) is 9.03. The molecule has 0 radical (unpaired) electrons. The molecule has 6 heteroatoms. The second-order valence-corrected chi connectivity index (χ2v) is 6.63. The Morgan fingerprint density at radius 3 is 2.30 bits per heavy atom. The summed E-state index contributed by atoms with van der Waals surface area (Å²) in [4.78, 5) is 14.0. The molecule has 0 aliphatic rings. The minimum Gasteiger partial charge on any atom is -0.484 e. The fraction of sp³-hybridized carbons (Fsp3) is 0.286. The predicted molar refractivity (Wildman–Crippen MR) is 103 cm³/mol. The number of nitrogens with one attached hydrogen (secondary N) is 1. The maximum atomic E-state index is 12.4. The Morgan fingerprint density at radius 1 is 1.00 bits per heavy atom. The van der Waals surface area contributed by atoms with Crippen LogP contribution >= 0.6 is 0 Å². The number of nitrogens with zero attached hydrogens (tertiary/aromatic N) is 3. The highest BCUT2D eigenvalue weighted by Crippen LogP contribution is 2.19. The van der Waals surface area contributed by atoms with Gasteiger partial charge < -0.3 is 10.1 Å². The second-order valence-electron chi connectivity index (χ2n) is 6.63. The Labute approximate surface area is 159 Å². The van der Waals surface area contributed by atoms with Crippen molar-refractivity contribution in [3.8, 4) is 5.75 Å². The van der Waals surface area contributed by atoms with E-state index in [2.05, 4.69) is 29.4 Å². The SMILES string of the molecule is CC(C)c1ccc(OCC(=O)NC(Cn2nccn2)c2ccccc2)cc1. The van der Waals surface area contributed by atoms with Gasteiger partial charge in [0.2, 0.25) is 0 Å². The lowest BCUT2D eigenvalue weighted by Crippen LogP contribution is -2.35. The fourth-order valence-corrected chi connectivity index (χ4v) is 2.75. The van der Waals surface area contributed by atoms with Gasteiger partial charge in [-0.15, -0.1) is 0 Å². The molecule has 1 aromatic heterocycles. The van der Waals surface area contributed by atoms with E-state index in [0.29, 0.717) is 18.2 Å². The van der Waals surface area contributed by atoms with E-state index in [1.165, 1.54) is 5.56 Å². The molecule has 0 fully saturated rings. The van der Waals surface area contributed by atoms with Crippen molar-refractivity contribution >= 4 is 5.91 Å². The molecule has 1 heterocycles. The summed E-state index contributed by atoms with van der Waals surface area (Å²) >= 11 is 0. The number of hydrogen-bond acceptors (Lipinski definition) is 4. The monoisotopic (exact) mass is 364 g/mol. The van der Waals surface area contributed by atoms with Crippen LogP contribution in [0, 0.1) is 0 Å². The molecular weight excluding hydrogens is 340 g/mol. The minimum absolute atomic E-state index is 0.0447. The molecule has 1 unspecified atom stereocenters. The average molecular weight is 364 g/mol. The molecule has 1 atom stereocenters. The number of aromatic nitrogens is 3. The van der Waals surface area contributed by atoms with Crippen LogP contribution in [0.25, 0.3) is 0 Å². The van der Waals surface area contributed by atoms with E-state index in [4.69, 9.17) is 4.74 Å². The molecule has 0 spiro atoms. The first kappa shape index (κ1) is 18.6. The molecule has 0 aliphatic carbocycles. The van der Waals surface area contributed by atoms with Gasteiger partial charge in [0.25, 0.3) is 5.91 Å². The summed E-state index contributed by atoms with van der Waals surface area (Å²) in [6.45, 7) is 4.69. The van der Waals surface area contributed by atoms with Crippen LogP contribution in [-0.2, 0) is 11.3 Å². The van der Waals surface area contributed by atoms with Crippen molar-refractivity contribution in [2.75, 3.05) is 6.61 Å². The van der Waals surface area contributed by atoms with Crippen LogP contribution in [0.1, 0.15) is 36.9 Å². The van der Waals surface area contributed by atoms with E-state index in [-0.39, 0.29) is 18.6 Å². The highest BCUT2D eigenvalue weighted by atomic mass is 16.5. The van der Waals surface area contributed by atoms with E-state index in [1.54, 1.807) is 17.2 Å². The van der Waals surface area contributed by atoms with Crippen molar-refractivity contribution in [3.63, 3.8) is 0 Å². The summed E-state index contributed by atoms with van der Waals surface area (Å²) in [5, 5.41) is 11.3. The van der Waals surface area contributed by atoms with E-state index >= 15 is 0 Å². The maximum Gasteiger partial charge on any atom is 0.258 e. The molecule has 0 bridgehead atoms. The molecule has 27 heavy (non-hydrogen) atoms. The van der Waals surface area contributed by atoms with Crippen molar-refractivity contribution < 1.29 is 9.53 Å². The van der Waals surface area contributed by atoms with Crippen molar-refractivity contribution in [2.24, 2.45) is 0 Å². The average Bonchev–Trinajstić information content (AvgIpc) is 3.20. The molecular formula is C21H24N4O2. The Hall–Kier alpha value is -3.15. The Morgan fingerprint density at radius 2 is 1.67 bits per heavy atom. The molecule has 3 aromatic rings. The molecule has 1 amide bonds. The van der Waals surface area contributed by atoms with Gasteiger partial charge in [-0.25, -0.2) is 0 Å². The Balaban J connectivity index is 1.60. The maximum absolute atomic E-state index is 12.4. The molecule has 2 aromatic carbocycles. The number of benzene rings is 2. The number of carbonyl (C=O) groups excluding carboxylic acids is 1. The Kier molecular flexibility index (Phi) is 6.20. The van der Waals surface area contributed by atoms with Crippen LogP contribution in [0.15, 0.2) is 67.0 Å². The van der Waals surface area contributed by atoms with Gasteiger partial charge in [0.1, 0.15) is 5.75 Å². The van der Waals surface area contributed by atoms with Crippen molar-refractivity contribution in [2.45, 2.75) is 32.4 Å². The quantitative estimate of drug-likeness (QED) is 0.666. The lowest BCUT2D eigenvalue weighted by molar-refractivity contribution is -0.124. The van der Waals surface area contributed by atoms with Gasteiger partial charge in [-0.2, -0.15) is 15.0 Å². The molecule has 0 aliphatic heterocycles. The summed E-state index contributed by atoms with van der Waals surface area (Å²) in [6.07, 6.45) is 3.24. The van der Waals surface area contributed by atoms with Crippen molar-refractivity contribution in [1.82, 2.24) is 20.3 Å². The number of amides is 1. The summed E-state index contributed by atoms with van der Waals surface area (Å²) in [5.74, 6) is 0.952. The zero-order chi connectivity index (χ0) is 19.1. The third-order valence-corrected chi connectivity index (χ3v) is 4.27. The topological polar surface area (TPSA) is 69.0 Å². The first-order chi connectivity index (χ1) is 13.1. The number of hydrogen-bond donors (Lipinski definition) is 1. The van der Waals surface area contributed by atoms with Crippen LogP contribution in [0.3, 0.4) is 0 Å². The third-order valence-electron chi connectivity index (χ3n) is 4.27. The van der Waals surface area contributed by atoms with E-state index in [1.807, 2.05) is 54.6 Å². The highest BCUT2D eigenvalue weighted by molar-refractivity contribution is 5.78. The van der Waals surface area contributed by atoms with Crippen LogP contribution in [0.2, 0.25) is 0 Å². The van der Waals surface area contributed by atoms with E-state index in [0.717, 1.165) is 5.56 Å². The van der Waals surface area contributed by atoms with Crippen molar-refractivity contribution in [3.05, 3.63) is 78.1 Å². The molecule has 0 saturated heterocycles. The van der Waals surface area contributed by atoms with Gasteiger partial charge in [-0.3, -0.25) is 4.79 Å². The Bertz CT molecular complexity index is 830. The van der Waals surface area contributed by atoms with Crippen LogP contribution < -0.4 is 10.1 Å².